The highest BCUT2D eigenvalue weighted by molar-refractivity contribution is 6.29. The molecule has 0 amide bonds. The minimum atomic E-state index is -0.227. The van der Waals surface area contributed by atoms with Gasteiger partial charge >= 0.3 is 0 Å². The van der Waals surface area contributed by atoms with Crippen LogP contribution in [0.5, 0.6) is 0 Å². The molecule has 0 unspecified atom stereocenters. The molecule has 3 rings (SSSR count). The average Bonchev–Trinajstić information content (AvgIpc) is 2.97. The van der Waals surface area contributed by atoms with E-state index in [0.29, 0.717) is 17.5 Å². The van der Waals surface area contributed by atoms with Crippen molar-refractivity contribution < 1.29 is 5.11 Å². The largest absolute Gasteiger partial charge is 0.396 e. The number of aliphatic hydroxyl groups is 1. The molecule has 3 heterocycles. The monoisotopic (exact) mass is 330 g/mol. The van der Waals surface area contributed by atoms with E-state index in [1.54, 1.807) is 6.20 Å². The fraction of sp³-hybridized carbons (Fsp3) is 0.294. The number of anilines is 1. The lowest BCUT2D eigenvalue weighted by atomic mass is 9.95. The van der Waals surface area contributed by atoms with Crippen LogP contribution in [0.25, 0.3) is 22.2 Å². The van der Waals surface area contributed by atoms with Crippen molar-refractivity contribution in [2.45, 2.75) is 13.8 Å². The van der Waals surface area contributed by atoms with Crippen LogP contribution in [0.1, 0.15) is 13.8 Å². The Morgan fingerprint density at radius 1 is 1.35 bits per heavy atom. The third-order valence-corrected chi connectivity index (χ3v) is 3.93. The summed E-state index contributed by atoms with van der Waals surface area (Å²) in [5.41, 5.74) is 2.61. The van der Waals surface area contributed by atoms with Gasteiger partial charge in [0.1, 0.15) is 16.6 Å². The molecule has 3 aromatic rings. The summed E-state index contributed by atoms with van der Waals surface area (Å²) in [6, 6.07) is 7.71. The summed E-state index contributed by atoms with van der Waals surface area (Å²) in [5, 5.41) is 14.1. The van der Waals surface area contributed by atoms with Crippen molar-refractivity contribution in [1.82, 2.24) is 15.0 Å². The number of nitrogens with zero attached hydrogens (tertiary/aromatic N) is 2. The molecule has 0 aliphatic rings. The van der Waals surface area contributed by atoms with Crippen molar-refractivity contribution >= 4 is 28.5 Å². The van der Waals surface area contributed by atoms with Gasteiger partial charge in [0, 0.05) is 41.9 Å². The van der Waals surface area contributed by atoms with Crippen molar-refractivity contribution in [2.24, 2.45) is 5.41 Å². The van der Waals surface area contributed by atoms with Gasteiger partial charge in [-0.05, 0) is 29.8 Å². The summed E-state index contributed by atoms with van der Waals surface area (Å²) in [4.78, 5) is 11.8. The van der Waals surface area contributed by atoms with E-state index in [9.17, 15) is 5.11 Å². The number of hydrogen-bond donors (Lipinski definition) is 3. The van der Waals surface area contributed by atoms with Crippen LogP contribution in [0.2, 0.25) is 5.15 Å². The highest BCUT2D eigenvalue weighted by Crippen LogP contribution is 2.30. The van der Waals surface area contributed by atoms with Gasteiger partial charge in [-0.1, -0.05) is 25.4 Å². The Bertz CT molecular complexity index is 828. The van der Waals surface area contributed by atoms with Crippen molar-refractivity contribution in [3.05, 3.63) is 41.8 Å². The molecule has 0 saturated carbocycles. The zero-order chi connectivity index (χ0) is 16.4. The van der Waals surface area contributed by atoms with Crippen LogP contribution in [0, 0.1) is 5.41 Å². The molecule has 0 spiro atoms. The third-order valence-electron chi connectivity index (χ3n) is 3.73. The summed E-state index contributed by atoms with van der Waals surface area (Å²) >= 11 is 6.18. The van der Waals surface area contributed by atoms with Gasteiger partial charge in [-0.15, -0.1) is 0 Å². The third kappa shape index (κ3) is 3.46. The maximum Gasteiger partial charge on any atom is 0.137 e. The van der Waals surface area contributed by atoms with Gasteiger partial charge in [0.15, 0.2) is 0 Å². The summed E-state index contributed by atoms with van der Waals surface area (Å²) in [6.45, 7) is 4.67. The highest BCUT2D eigenvalue weighted by atomic mass is 35.5. The fourth-order valence-electron chi connectivity index (χ4n) is 2.32. The quantitative estimate of drug-likeness (QED) is 0.623. The van der Waals surface area contributed by atoms with E-state index in [1.165, 1.54) is 0 Å². The van der Waals surface area contributed by atoms with Crippen LogP contribution in [0.15, 0.2) is 36.7 Å². The first kappa shape index (κ1) is 15.8. The Kier molecular flexibility index (Phi) is 4.24. The number of rotatable bonds is 5. The molecule has 0 aliphatic heterocycles. The SMILES string of the molecule is CC(C)(CO)CNc1cc(-c2c[nH]c3ncccc23)cc(Cl)n1. The van der Waals surface area contributed by atoms with E-state index in [2.05, 4.69) is 20.3 Å². The van der Waals surface area contributed by atoms with Gasteiger partial charge < -0.3 is 15.4 Å². The molecule has 0 atom stereocenters. The number of H-pyrrole nitrogens is 1. The van der Waals surface area contributed by atoms with Gasteiger partial charge in [-0.2, -0.15) is 0 Å². The first-order valence-corrected chi connectivity index (χ1v) is 7.81. The van der Waals surface area contributed by atoms with Crippen molar-refractivity contribution in [1.29, 1.82) is 0 Å². The number of hydrogen-bond acceptors (Lipinski definition) is 4. The maximum absolute atomic E-state index is 9.35. The maximum atomic E-state index is 9.35. The van der Waals surface area contributed by atoms with Crippen LogP contribution in [-0.4, -0.2) is 33.2 Å². The zero-order valence-corrected chi connectivity index (χ0v) is 13.9. The number of aromatic nitrogens is 3. The molecule has 6 heteroatoms. The van der Waals surface area contributed by atoms with E-state index in [-0.39, 0.29) is 12.0 Å². The number of fused-ring (bicyclic) bond motifs is 1. The van der Waals surface area contributed by atoms with E-state index in [1.807, 2.05) is 44.3 Å². The Morgan fingerprint density at radius 3 is 2.96 bits per heavy atom. The Morgan fingerprint density at radius 2 is 2.17 bits per heavy atom. The molecule has 0 radical (unpaired) electrons. The number of nitrogens with one attached hydrogen (secondary N) is 2. The average molecular weight is 331 g/mol. The molecule has 0 fully saturated rings. The minimum absolute atomic E-state index is 0.0988. The van der Waals surface area contributed by atoms with Crippen molar-refractivity contribution in [2.75, 3.05) is 18.5 Å². The second-order valence-electron chi connectivity index (χ2n) is 6.34. The standard InChI is InChI=1S/C17H19ClN4O/c1-17(2,10-23)9-21-15-7-11(6-14(18)22-15)13-8-20-16-12(13)4-3-5-19-16/h3-8,23H,9-10H2,1-2H3,(H,19,20)(H,21,22). The first-order chi connectivity index (χ1) is 11.0. The zero-order valence-electron chi connectivity index (χ0n) is 13.1. The van der Waals surface area contributed by atoms with Crippen LogP contribution in [0.4, 0.5) is 5.82 Å². The van der Waals surface area contributed by atoms with E-state index >= 15 is 0 Å². The highest BCUT2D eigenvalue weighted by Gasteiger charge is 2.17. The smallest absolute Gasteiger partial charge is 0.137 e. The van der Waals surface area contributed by atoms with Crippen molar-refractivity contribution in [3.63, 3.8) is 0 Å². The summed E-state index contributed by atoms with van der Waals surface area (Å²) in [5.74, 6) is 0.687. The molecule has 0 saturated heterocycles. The molecule has 5 nitrogen and oxygen atoms in total. The molecule has 3 aromatic heterocycles. The van der Waals surface area contributed by atoms with E-state index < -0.39 is 0 Å². The normalized spacial score (nSPS) is 11.8. The molecule has 0 aliphatic carbocycles. The topological polar surface area (TPSA) is 73.8 Å². The second kappa shape index (κ2) is 6.18. The van der Waals surface area contributed by atoms with Crippen LogP contribution in [-0.2, 0) is 0 Å². The molecule has 0 aromatic carbocycles. The summed E-state index contributed by atoms with van der Waals surface area (Å²) in [6.07, 6.45) is 3.68. The number of aromatic amines is 1. The number of halogens is 1. The summed E-state index contributed by atoms with van der Waals surface area (Å²) < 4.78 is 0. The van der Waals surface area contributed by atoms with E-state index in [4.69, 9.17) is 11.6 Å². The van der Waals surface area contributed by atoms with Gasteiger partial charge in [0.2, 0.25) is 0 Å². The van der Waals surface area contributed by atoms with Crippen LogP contribution < -0.4 is 5.32 Å². The summed E-state index contributed by atoms with van der Waals surface area (Å²) in [7, 11) is 0. The molecule has 0 bridgehead atoms. The molecular formula is C17H19ClN4O. The van der Waals surface area contributed by atoms with Gasteiger partial charge in [0.25, 0.3) is 0 Å². The number of aliphatic hydroxyl groups excluding tert-OH is 1. The number of pyridine rings is 2. The van der Waals surface area contributed by atoms with Crippen LogP contribution >= 0.6 is 11.6 Å². The predicted molar refractivity (Wildman–Crippen MR) is 93.7 cm³/mol. The van der Waals surface area contributed by atoms with Crippen molar-refractivity contribution in [3.8, 4) is 11.1 Å². The van der Waals surface area contributed by atoms with Gasteiger partial charge in [0.05, 0.1) is 0 Å². The Hall–Kier alpha value is -2.11. The lowest BCUT2D eigenvalue weighted by Gasteiger charge is -2.22. The lowest BCUT2D eigenvalue weighted by Crippen LogP contribution is -2.27. The first-order valence-electron chi connectivity index (χ1n) is 7.43. The Balaban J connectivity index is 1.94. The second-order valence-corrected chi connectivity index (χ2v) is 6.73. The molecule has 3 N–H and O–H groups in total. The van der Waals surface area contributed by atoms with E-state index in [0.717, 1.165) is 22.2 Å². The lowest BCUT2D eigenvalue weighted by molar-refractivity contribution is 0.170. The van der Waals surface area contributed by atoms with Gasteiger partial charge in [-0.25, -0.2) is 9.97 Å². The minimum Gasteiger partial charge on any atom is -0.396 e. The molecule has 23 heavy (non-hydrogen) atoms. The molecular weight excluding hydrogens is 312 g/mol. The molecule has 120 valence electrons. The predicted octanol–water partition coefficient (Wildman–Crippen LogP) is 3.71. The van der Waals surface area contributed by atoms with Crippen LogP contribution in [0.3, 0.4) is 0 Å². The Labute approximate surface area is 139 Å². The fourth-order valence-corrected chi connectivity index (χ4v) is 2.53. The van der Waals surface area contributed by atoms with Gasteiger partial charge in [-0.3, -0.25) is 0 Å².